The van der Waals surface area contributed by atoms with Crippen molar-refractivity contribution < 1.29 is 9.13 Å². The molecule has 0 amide bonds. The highest BCUT2D eigenvalue weighted by Gasteiger charge is 2.42. The van der Waals surface area contributed by atoms with Gasteiger partial charge in [0, 0.05) is 25.2 Å². The first-order valence-electron chi connectivity index (χ1n) is 6.70. The largest absolute Gasteiger partial charge is 0.383 e. The molecule has 1 aromatic heterocycles. The SMILES string of the molecule is COCCNC1(c2nccs2)CCc2c(F)cccc21. The van der Waals surface area contributed by atoms with Crippen LogP contribution in [0.25, 0.3) is 0 Å². The molecular formula is C15H17FN2OS. The number of benzene rings is 1. The number of nitrogens with one attached hydrogen (secondary N) is 1. The van der Waals surface area contributed by atoms with Crippen LogP contribution >= 0.6 is 11.3 Å². The lowest BCUT2D eigenvalue weighted by atomic mass is 9.92. The minimum atomic E-state index is -0.371. The summed E-state index contributed by atoms with van der Waals surface area (Å²) < 4.78 is 19.1. The van der Waals surface area contributed by atoms with Gasteiger partial charge in [0.05, 0.1) is 12.1 Å². The highest BCUT2D eigenvalue weighted by molar-refractivity contribution is 7.09. The van der Waals surface area contributed by atoms with E-state index in [0.29, 0.717) is 13.2 Å². The van der Waals surface area contributed by atoms with Crippen LogP contribution in [0.15, 0.2) is 29.8 Å². The van der Waals surface area contributed by atoms with E-state index in [1.54, 1.807) is 30.7 Å². The van der Waals surface area contributed by atoms with Crippen molar-refractivity contribution >= 4 is 11.3 Å². The Morgan fingerprint density at radius 1 is 1.50 bits per heavy atom. The molecule has 3 nitrogen and oxygen atoms in total. The minimum Gasteiger partial charge on any atom is -0.383 e. The fourth-order valence-corrected chi connectivity index (χ4v) is 3.80. The Kier molecular flexibility index (Phi) is 3.83. The zero-order valence-electron chi connectivity index (χ0n) is 11.4. The molecule has 5 heteroatoms. The molecule has 0 saturated heterocycles. The smallest absolute Gasteiger partial charge is 0.126 e. The van der Waals surface area contributed by atoms with Crippen LogP contribution in [0.5, 0.6) is 0 Å². The van der Waals surface area contributed by atoms with Gasteiger partial charge >= 0.3 is 0 Å². The molecule has 1 heterocycles. The molecule has 20 heavy (non-hydrogen) atoms. The molecule has 0 aliphatic heterocycles. The maximum Gasteiger partial charge on any atom is 0.126 e. The first kappa shape index (κ1) is 13.7. The topological polar surface area (TPSA) is 34.1 Å². The fraction of sp³-hybridized carbons (Fsp3) is 0.400. The Bertz CT molecular complexity index is 588. The quantitative estimate of drug-likeness (QED) is 0.860. The first-order chi connectivity index (χ1) is 9.78. The van der Waals surface area contributed by atoms with Crippen molar-refractivity contribution in [2.75, 3.05) is 20.3 Å². The molecule has 0 spiro atoms. The maximum atomic E-state index is 14.0. The van der Waals surface area contributed by atoms with Crippen molar-refractivity contribution in [1.29, 1.82) is 0 Å². The average molecular weight is 292 g/mol. The molecule has 1 atom stereocenters. The second kappa shape index (κ2) is 5.60. The van der Waals surface area contributed by atoms with Gasteiger partial charge in [-0.1, -0.05) is 12.1 Å². The molecular weight excluding hydrogens is 275 g/mol. The van der Waals surface area contributed by atoms with Crippen LogP contribution in [0.4, 0.5) is 4.39 Å². The fourth-order valence-electron chi connectivity index (χ4n) is 2.94. The van der Waals surface area contributed by atoms with Gasteiger partial charge in [0.25, 0.3) is 0 Å². The summed E-state index contributed by atoms with van der Waals surface area (Å²) in [6, 6.07) is 5.32. The van der Waals surface area contributed by atoms with E-state index in [-0.39, 0.29) is 11.4 Å². The molecule has 1 unspecified atom stereocenters. The van der Waals surface area contributed by atoms with E-state index in [0.717, 1.165) is 29.0 Å². The number of rotatable bonds is 5. The van der Waals surface area contributed by atoms with Crippen LogP contribution in [0.1, 0.15) is 22.6 Å². The number of thiazole rings is 1. The van der Waals surface area contributed by atoms with Gasteiger partial charge in [-0.2, -0.15) is 0 Å². The summed E-state index contributed by atoms with van der Waals surface area (Å²) in [5.41, 5.74) is 1.46. The number of hydrogen-bond donors (Lipinski definition) is 1. The van der Waals surface area contributed by atoms with E-state index in [1.165, 1.54) is 6.07 Å². The van der Waals surface area contributed by atoms with E-state index in [9.17, 15) is 4.39 Å². The van der Waals surface area contributed by atoms with E-state index in [2.05, 4.69) is 10.3 Å². The Hall–Kier alpha value is -1.30. The van der Waals surface area contributed by atoms with Gasteiger partial charge in [0.2, 0.25) is 0 Å². The number of fused-ring (bicyclic) bond motifs is 1. The summed E-state index contributed by atoms with van der Waals surface area (Å²) >= 11 is 1.61. The predicted octanol–water partition coefficient (Wildman–Crippen LogP) is 2.71. The highest BCUT2D eigenvalue weighted by atomic mass is 32.1. The third kappa shape index (κ3) is 2.16. The van der Waals surface area contributed by atoms with Crippen molar-refractivity contribution in [1.82, 2.24) is 10.3 Å². The van der Waals surface area contributed by atoms with E-state index in [4.69, 9.17) is 4.74 Å². The van der Waals surface area contributed by atoms with E-state index >= 15 is 0 Å². The summed E-state index contributed by atoms with van der Waals surface area (Å²) in [6.45, 7) is 1.34. The van der Waals surface area contributed by atoms with Crippen molar-refractivity contribution in [3.05, 3.63) is 51.7 Å². The third-order valence-electron chi connectivity index (χ3n) is 3.86. The van der Waals surface area contributed by atoms with Crippen LogP contribution in [-0.2, 0) is 16.7 Å². The molecule has 0 saturated carbocycles. The Morgan fingerprint density at radius 2 is 2.40 bits per heavy atom. The molecule has 1 aliphatic rings. The molecule has 106 valence electrons. The standard InChI is InChI=1S/C15H17FN2OS/c1-19-9-7-18-15(14-17-8-10-20-14)6-5-11-12(15)3-2-4-13(11)16/h2-4,8,10,18H,5-7,9H2,1H3. The predicted molar refractivity (Wildman–Crippen MR) is 77.5 cm³/mol. The molecule has 3 rings (SSSR count). The van der Waals surface area contributed by atoms with Crippen molar-refractivity contribution in [3.63, 3.8) is 0 Å². The third-order valence-corrected chi connectivity index (χ3v) is 4.79. The number of nitrogens with zero attached hydrogens (tertiary/aromatic N) is 1. The molecule has 2 aromatic rings. The summed E-state index contributed by atoms with van der Waals surface area (Å²) in [5, 5.41) is 6.50. The highest BCUT2D eigenvalue weighted by Crippen LogP contribution is 2.43. The van der Waals surface area contributed by atoms with Crippen molar-refractivity contribution in [3.8, 4) is 0 Å². The second-order valence-electron chi connectivity index (χ2n) is 4.93. The number of halogens is 1. The Labute approximate surface area is 121 Å². The zero-order chi connectivity index (χ0) is 14.0. The molecule has 1 N–H and O–H groups in total. The van der Waals surface area contributed by atoms with Gasteiger partial charge < -0.3 is 4.74 Å². The van der Waals surface area contributed by atoms with Crippen molar-refractivity contribution in [2.45, 2.75) is 18.4 Å². The minimum absolute atomic E-state index is 0.116. The maximum absolute atomic E-state index is 14.0. The van der Waals surface area contributed by atoms with Crippen LogP contribution in [0.3, 0.4) is 0 Å². The Morgan fingerprint density at radius 3 is 3.15 bits per heavy atom. The van der Waals surface area contributed by atoms with Crippen LogP contribution < -0.4 is 5.32 Å². The van der Waals surface area contributed by atoms with Gasteiger partial charge in [-0.05, 0) is 30.0 Å². The van der Waals surface area contributed by atoms with Crippen LogP contribution in [0.2, 0.25) is 0 Å². The summed E-state index contributed by atoms with van der Waals surface area (Å²) in [7, 11) is 1.68. The van der Waals surface area contributed by atoms with Gasteiger partial charge in [-0.15, -0.1) is 11.3 Å². The Balaban J connectivity index is 2.03. The monoisotopic (exact) mass is 292 g/mol. The molecule has 0 radical (unpaired) electrons. The molecule has 1 aliphatic carbocycles. The lowest BCUT2D eigenvalue weighted by Crippen LogP contribution is -2.43. The first-order valence-corrected chi connectivity index (χ1v) is 7.58. The van der Waals surface area contributed by atoms with Gasteiger partial charge in [0.15, 0.2) is 0 Å². The van der Waals surface area contributed by atoms with Crippen molar-refractivity contribution in [2.24, 2.45) is 0 Å². The van der Waals surface area contributed by atoms with Crippen LogP contribution in [0, 0.1) is 5.82 Å². The summed E-state index contributed by atoms with van der Waals surface area (Å²) in [4.78, 5) is 4.47. The normalized spacial score (nSPS) is 21.1. The number of hydrogen-bond acceptors (Lipinski definition) is 4. The van der Waals surface area contributed by atoms with Gasteiger partial charge in [-0.25, -0.2) is 9.37 Å². The summed E-state index contributed by atoms with van der Waals surface area (Å²) in [6.07, 6.45) is 3.37. The van der Waals surface area contributed by atoms with E-state index in [1.807, 2.05) is 11.4 Å². The lowest BCUT2D eigenvalue weighted by Gasteiger charge is -2.30. The molecule has 1 aromatic carbocycles. The molecule has 0 bridgehead atoms. The number of methoxy groups -OCH3 is 1. The second-order valence-corrected chi connectivity index (χ2v) is 5.82. The zero-order valence-corrected chi connectivity index (χ0v) is 12.2. The van der Waals surface area contributed by atoms with Crippen LogP contribution in [-0.4, -0.2) is 25.2 Å². The number of aromatic nitrogens is 1. The van der Waals surface area contributed by atoms with Gasteiger partial charge in [-0.3, -0.25) is 5.32 Å². The average Bonchev–Trinajstić information content (AvgIpc) is 3.08. The summed E-state index contributed by atoms with van der Waals surface area (Å²) in [5.74, 6) is -0.116. The van der Waals surface area contributed by atoms with E-state index < -0.39 is 0 Å². The number of ether oxygens (including phenoxy) is 1. The van der Waals surface area contributed by atoms with Gasteiger partial charge in [0.1, 0.15) is 10.8 Å². The molecule has 0 fully saturated rings. The lowest BCUT2D eigenvalue weighted by molar-refractivity contribution is 0.189.